The zero-order valence-electron chi connectivity index (χ0n) is 18.2. The smallest absolute Gasteiger partial charge is 0.277 e. The molecule has 0 radical (unpaired) electrons. The van der Waals surface area contributed by atoms with E-state index in [1.165, 1.54) is 18.3 Å². The number of nitrogens with zero attached hydrogens (tertiary/aromatic N) is 5. The number of pyridine rings is 1. The predicted molar refractivity (Wildman–Crippen MR) is 97.9 cm³/mol. The van der Waals surface area contributed by atoms with Gasteiger partial charge in [0.15, 0.2) is 5.82 Å². The first-order valence-corrected chi connectivity index (χ1v) is 9.34. The predicted octanol–water partition coefficient (Wildman–Crippen LogP) is 2.97. The van der Waals surface area contributed by atoms with Crippen LogP contribution in [-0.2, 0) is 23.2 Å². The number of aryl methyl sites for hydroxylation is 1. The number of benzene rings is 1. The summed E-state index contributed by atoms with van der Waals surface area (Å²) in [4.78, 5) is 3.29. The highest BCUT2D eigenvalue weighted by Gasteiger charge is 2.31. The lowest BCUT2D eigenvalue weighted by molar-refractivity contribution is -0.137. The summed E-state index contributed by atoms with van der Waals surface area (Å²) in [5.74, 6) is -0.345. The fourth-order valence-electron chi connectivity index (χ4n) is 2.60. The molecule has 0 aliphatic heterocycles. The molecule has 12 heteroatoms. The highest BCUT2D eigenvalue weighted by atomic mass is 32.2. The van der Waals surface area contributed by atoms with Crippen molar-refractivity contribution in [2.45, 2.75) is 11.1 Å². The van der Waals surface area contributed by atoms with Gasteiger partial charge in [-0.15, -0.1) is 0 Å². The van der Waals surface area contributed by atoms with Crippen molar-refractivity contribution in [3.05, 3.63) is 60.7 Å². The van der Waals surface area contributed by atoms with Gasteiger partial charge in [0, 0.05) is 22.7 Å². The van der Waals surface area contributed by atoms with Crippen molar-refractivity contribution in [1.29, 1.82) is 0 Å². The largest absolute Gasteiger partial charge is 0.416 e. The lowest BCUT2D eigenvalue weighted by Gasteiger charge is -2.09. The first-order chi connectivity index (χ1) is 15.3. The van der Waals surface area contributed by atoms with Crippen LogP contribution in [0.2, 0.25) is 0 Å². The molecule has 3 aromatic heterocycles. The molecule has 4 rings (SSSR count). The molecule has 0 saturated carbocycles. The normalized spacial score (nSPS) is 14.9. The van der Waals surface area contributed by atoms with Gasteiger partial charge in [-0.1, -0.05) is 12.1 Å². The molecule has 4 aromatic rings. The Balaban J connectivity index is 1.71. The fraction of sp³-hybridized carbons (Fsp3) is 0.118. The number of para-hydroxylation sites is 1. The number of nitrogens with one attached hydrogen (secondary N) is 1. The molecular weight excluding hydrogens is 409 g/mol. The van der Waals surface area contributed by atoms with Crippen LogP contribution in [0.15, 0.2) is 60.0 Å². The molecule has 150 valence electrons. The number of sulfonamides is 1. The average molecular weight is 426 g/mol. The van der Waals surface area contributed by atoms with Gasteiger partial charge in [-0.25, -0.2) is 18.1 Å². The summed E-state index contributed by atoms with van der Waals surface area (Å²) in [5.41, 5.74) is -1.30. The number of alkyl halides is 3. The summed E-state index contributed by atoms with van der Waals surface area (Å²) < 4.78 is 98.9. The molecule has 0 unspecified atom stereocenters. The molecule has 0 aliphatic rings. The Hall–Kier alpha value is -3.41. The molecule has 0 amide bonds. The van der Waals surface area contributed by atoms with Gasteiger partial charge in [-0.2, -0.15) is 23.4 Å². The molecule has 3 heterocycles. The summed E-state index contributed by atoms with van der Waals surface area (Å²) in [6.45, 7) is -2.67. The zero-order chi connectivity index (χ0) is 24.2. The van der Waals surface area contributed by atoms with E-state index in [9.17, 15) is 21.6 Å². The van der Waals surface area contributed by atoms with E-state index in [0.29, 0.717) is 22.3 Å². The molecule has 1 aromatic carbocycles. The van der Waals surface area contributed by atoms with Gasteiger partial charge >= 0.3 is 6.18 Å². The third kappa shape index (κ3) is 3.53. The third-order valence-corrected chi connectivity index (χ3v) is 5.26. The maximum atomic E-state index is 13.1. The average Bonchev–Trinajstić information content (AvgIpc) is 3.35. The number of halogens is 3. The standard InChI is InChI=1S/C17H13F3N6O2S/c1-25-16-11(8-22-25)3-2-4-14(16)24-29(27,28)13-9-23-26(10-13)15-7-12(5-6-21-15)17(18,19)20/h2-10,24H,1H3/i1D3,5D. The van der Waals surface area contributed by atoms with Crippen molar-refractivity contribution in [1.82, 2.24) is 24.5 Å². The Kier molecular flexibility index (Phi) is 3.31. The van der Waals surface area contributed by atoms with Crippen LogP contribution in [0.1, 0.15) is 11.0 Å². The summed E-state index contributed by atoms with van der Waals surface area (Å²) >= 11 is 0. The van der Waals surface area contributed by atoms with Gasteiger partial charge in [0.25, 0.3) is 10.0 Å². The first-order valence-electron chi connectivity index (χ1n) is 9.86. The summed E-state index contributed by atoms with van der Waals surface area (Å²) in [7, 11) is -4.32. The van der Waals surface area contributed by atoms with Gasteiger partial charge in [0.05, 0.1) is 36.7 Å². The second-order valence-electron chi connectivity index (χ2n) is 5.84. The number of aromatic nitrogens is 5. The highest BCUT2D eigenvalue weighted by molar-refractivity contribution is 7.92. The van der Waals surface area contributed by atoms with Crippen molar-refractivity contribution < 1.29 is 27.1 Å². The Labute approximate surface area is 168 Å². The van der Waals surface area contributed by atoms with Gasteiger partial charge < -0.3 is 0 Å². The van der Waals surface area contributed by atoms with Gasteiger partial charge in [-0.05, 0) is 18.2 Å². The third-order valence-electron chi connectivity index (χ3n) is 3.94. The molecular formula is C17H13F3N6O2S. The van der Waals surface area contributed by atoms with Crippen molar-refractivity contribution in [3.63, 3.8) is 0 Å². The SMILES string of the molecule is [2H]c1cnc(-n2cc(S(=O)(=O)Nc3cccc4cnn(C([2H])([2H])[2H])c34)cn2)cc1C(F)(F)F. The van der Waals surface area contributed by atoms with E-state index >= 15 is 0 Å². The minimum absolute atomic E-state index is 0.0241. The summed E-state index contributed by atoms with van der Waals surface area (Å²) in [6, 6.07) is 4.14. The monoisotopic (exact) mass is 426 g/mol. The second-order valence-corrected chi connectivity index (χ2v) is 7.52. The maximum Gasteiger partial charge on any atom is 0.416 e. The molecule has 0 aliphatic carbocycles. The van der Waals surface area contributed by atoms with E-state index < -0.39 is 39.7 Å². The van der Waals surface area contributed by atoms with E-state index in [2.05, 4.69) is 19.9 Å². The summed E-state index contributed by atoms with van der Waals surface area (Å²) in [6.07, 6.45) is -1.01. The van der Waals surface area contributed by atoms with Crippen LogP contribution in [0.5, 0.6) is 0 Å². The molecule has 29 heavy (non-hydrogen) atoms. The number of hydrogen-bond donors (Lipinski definition) is 1. The lowest BCUT2D eigenvalue weighted by Crippen LogP contribution is -2.13. The van der Waals surface area contributed by atoms with Crippen LogP contribution in [0, 0.1) is 0 Å². The van der Waals surface area contributed by atoms with Crippen LogP contribution in [0.3, 0.4) is 0 Å². The van der Waals surface area contributed by atoms with Crippen LogP contribution in [0.4, 0.5) is 18.9 Å². The van der Waals surface area contributed by atoms with Gasteiger partial charge in [0.2, 0.25) is 0 Å². The zero-order valence-corrected chi connectivity index (χ0v) is 15.0. The number of hydrogen-bond acceptors (Lipinski definition) is 5. The van der Waals surface area contributed by atoms with E-state index in [4.69, 9.17) is 5.48 Å². The van der Waals surface area contributed by atoms with Crippen molar-refractivity contribution >= 4 is 26.6 Å². The topological polar surface area (TPSA) is 94.7 Å². The molecule has 1 N–H and O–H groups in total. The number of fused-ring (bicyclic) bond motifs is 1. The van der Waals surface area contributed by atoms with E-state index in [-0.39, 0.29) is 17.0 Å². The van der Waals surface area contributed by atoms with Gasteiger partial charge in [-0.3, -0.25) is 9.40 Å². The van der Waals surface area contributed by atoms with E-state index in [1.807, 2.05) is 0 Å². The lowest BCUT2D eigenvalue weighted by atomic mass is 10.2. The molecule has 0 bridgehead atoms. The minimum Gasteiger partial charge on any atom is -0.277 e. The van der Waals surface area contributed by atoms with Crippen LogP contribution in [0.25, 0.3) is 16.7 Å². The second kappa shape index (κ2) is 6.58. The quantitative estimate of drug-likeness (QED) is 0.541. The van der Waals surface area contributed by atoms with Crippen molar-refractivity contribution in [2.24, 2.45) is 6.98 Å². The molecule has 8 nitrogen and oxygen atoms in total. The minimum atomic E-state index is -4.80. The number of anilines is 1. The van der Waals surface area contributed by atoms with Crippen LogP contribution >= 0.6 is 0 Å². The van der Waals surface area contributed by atoms with E-state index in [1.54, 1.807) is 6.07 Å². The first kappa shape index (κ1) is 14.6. The molecule has 0 fully saturated rings. The van der Waals surface area contributed by atoms with Crippen LogP contribution in [-0.4, -0.2) is 33.0 Å². The molecule has 0 spiro atoms. The van der Waals surface area contributed by atoms with Gasteiger partial charge in [0.1, 0.15) is 4.90 Å². The van der Waals surface area contributed by atoms with E-state index in [0.717, 1.165) is 17.1 Å². The Bertz CT molecular complexity index is 1460. The molecule has 0 atom stereocenters. The number of rotatable bonds is 4. The van der Waals surface area contributed by atoms with Crippen LogP contribution < -0.4 is 4.72 Å². The Morgan fingerprint density at radius 1 is 1.24 bits per heavy atom. The highest BCUT2D eigenvalue weighted by Crippen LogP contribution is 2.30. The Morgan fingerprint density at radius 3 is 2.83 bits per heavy atom. The maximum absolute atomic E-state index is 13.1. The Morgan fingerprint density at radius 2 is 2.07 bits per heavy atom. The molecule has 0 saturated heterocycles. The summed E-state index contributed by atoms with van der Waals surface area (Å²) in [5, 5.41) is 7.93. The van der Waals surface area contributed by atoms with Crippen molar-refractivity contribution in [3.8, 4) is 5.82 Å². The fourth-order valence-corrected chi connectivity index (χ4v) is 3.60. The van der Waals surface area contributed by atoms with Crippen molar-refractivity contribution in [2.75, 3.05) is 4.72 Å².